The summed E-state index contributed by atoms with van der Waals surface area (Å²) in [6.07, 6.45) is 7.24. The van der Waals surface area contributed by atoms with E-state index in [2.05, 4.69) is 24.0 Å². The minimum Gasteiger partial charge on any atom is -0.439 e. The van der Waals surface area contributed by atoms with Crippen molar-refractivity contribution in [1.29, 1.82) is 0 Å². The summed E-state index contributed by atoms with van der Waals surface area (Å²) in [5.41, 5.74) is 2.58. The molecule has 3 aliphatic rings. The van der Waals surface area contributed by atoms with Crippen molar-refractivity contribution < 1.29 is 14.5 Å². The molecule has 5 rings (SSSR count). The zero-order chi connectivity index (χ0) is 20.2. The lowest BCUT2D eigenvalue weighted by Crippen LogP contribution is -2.42. The molecule has 1 aromatic heterocycles. The molecule has 150 valence electrons. The Bertz CT molecular complexity index is 987. The Kier molecular flexibility index (Phi) is 4.19. The third-order valence-corrected chi connectivity index (χ3v) is 7.56. The van der Waals surface area contributed by atoms with E-state index in [9.17, 15) is 14.9 Å². The van der Waals surface area contributed by atoms with Gasteiger partial charge in [0, 0.05) is 24.0 Å². The highest BCUT2D eigenvalue weighted by Crippen LogP contribution is 2.59. The number of carbonyl (C=O) groups is 1. The monoisotopic (exact) mass is 392 g/mol. The lowest BCUT2D eigenvalue weighted by atomic mass is 9.55. The molecule has 6 heteroatoms. The first-order valence-electron chi connectivity index (χ1n) is 10.4. The van der Waals surface area contributed by atoms with E-state index in [1.165, 1.54) is 29.5 Å². The second-order valence-corrected chi connectivity index (χ2v) is 8.91. The van der Waals surface area contributed by atoms with Crippen LogP contribution < -0.4 is 4.74 Å². The molecular weight excluding hydrogens is 368 g/mol. The SMILES string of the molecule is C[C@]12CC[C@@H]3c4ccc(Oc5ccc([N+](=O)[O-])cn5)cc4CC[C@H]3[C@@H]1CCC2=O. The Morgan fingerprint density at radius 2 is 2.03 bits per heavy atom. The normalized spacial score (nSPS) is 30.2. The summed E-state index contributed by atoms with van der Waals surface area (Å²) >= 11 is 0. The van der Waals surface area contributed by atoms with Crippen molar-refractivity contribution in [2.45, 2.75) is 51.4 Å². The van der Waals surface area contributed by atoms with E-state index in [0.29, 0.717) is 35.2 Å². The van der Waals surface area contributed by atoms with Crippen molar-refractivity contribution >= 4 is 11.5 Å². The molecule has 2 saturated carbocycles. The van der Waals surface area contributed by atoms with Crippen LogP contribution in [0, 0.1) is 27.4 Å². The van der Waals surface area contributed by atoms with Gasteiger partial charge in [0.05, 0.1) is 4.92 Å². The van der Waals surface area contributed by atoms with Crippen molar-refractivity contribution in [3.05, 3.63) is 57.8 Å². The second-order valence-electron chi connectivity index (χ2n) is 8.91. The Labute approximate surface area is 169 Å². The van der Waals surface area contributed by atoms with Crippen LogP contribution in [0.5, 0.6) is 11.6 Å². The van der Waals surface area contributed by atoms with Crippen molar-refractivity contribution in [3.8, 4) is 11.6 Å². The van der Waals surface area contributed by atoms with Gasteiger partial charge < -0.3 is 4.74 Å². The average Bonchev–Trinajstić information content (AvgIpc) is 3.03. The number of Topliss-reactive ketones (excluding diaryl/α,β-unsaturated/α-hetero) is 1. The van der Waals surface area contributed by atoms with Crippen molar-refractivity contribution in [3.63, 3.8) is 0 Å². The van der Waals surface area contributed by atoms with Crippen molar-refractivity contribution in [2.24, 2.45) is 17.3 Å². The molecule has 4 atom stereocenters. The van der Waals surface area contributed by atoms with E-state index < -0.39 is 4.92 Å². The van der Waals surface area contributed by atoms with Crippen LogP contribution in [-0.4, -0.2) is 15.7 Å². The van der Waals surface area contributed by atoms with Crippen LogP contribution in [0.1, 0.15) is 56.1 Å². The minimum absolute atomic E-state index is 0.0523. The Hall–Kier alpha value is -2.76. The summed E-state index contributed by atoms with van der Waals surface area (Å²) < 4.78 is 5.84. The molecule has 0 unspecified atom stereocenters. The quantitative estimate of drug-likeness (QED) is 0.529. The van der Waals surface area contributed by atoms with Crippen LogP contribution in [0.4, 0.5) is 5.69 Å². The average molecular weight is 392 g/mol. The molecule has 0 spiro atoms. The number of carbonyl (C=O) groups excluding carboxylic acids is 1. The molecule has 1 heterocycles. The van der Waals surface area contributed by atoms with Crippen LogP contribution in [0.2, 0.25) is 0 Å². The van der Waals surface area contributed by atoms with Gasteiger partial charge in [0.2, 0.25) is 5.88 Å². The highest BCUT2D eigenvalue weighted by Gasteiger charge is 2.54. The van der Waals surface area contributed by atoms with Crippen molar-refractivity contribution in [1.82, 2.24) is 4.98 Å². The van der Waals surface area contributed by atoms with Gasteiger partial charge in [0.1, 0.15) is 17.7 Å². The first-order valence-corrected chi connectivity index (χ1v) is 10.4. The van der Waals surface area contributed by atoms with E-state index in [-0.39, 0.29) is 11.1 Å². The summed E-state index contributed by atoms with van der Waals surface area (Å²) in [4.78, 5) is 26.8. The molecule has 0 amide bonds. The fraction of sp³-hybridized carbons (Fsp3) is 0.478. The zero-order valence-electron chi connectivity index (χ0n) is 16.5. The fourth-order valence-electron chi connectivity index (χ4n) is 6.05. The molecule has 0 aliphatic heterocycles. The number of aromatic nitrogens is 1. The van der Waals surface area contributed by atoms with E-state index in [1.54, 1.807) is 0 Å². The standard InChI is InChI=1S/C23H24N2O4/c1-23-11-10-18-17-6-4-16(29-22-9-3-15(13-24-22)25(27)28)12-14(17)2-5-19(18)20(23)7-8-21(23)26/h3-4,6,9,12-13,18-20H,2,5,7-8,10-11H2,1H3/t18-,19-,20+,23+/m1/s1. The number of hydrogen-bond acceptors (Lipinski definition) is 5. The van der Waals surface area contributed by atoms with Gasteiger partial charge in [0.25, 0.3) is 5.69 Å². The predicted octanol–water partition coefficient (Wildman–Crippen LogP) is 5.21. The fourth-order valence-corrected chi connectivity index (χ4v) is 6.05. The minimum atomic E-state index is -0.473. The summed E-state index contributed by atoms with van der Waals surface area (Å²) in [6, 6.07) is 9.15. The molecule has 0 N–H and O–H groups in total. The number of ketones is 1. The summed E-state index contributed by atoms with van der Waals surface area (Å²) in [6.45, 7) is 2.20. The largest absolute Gasteiger partial charge is 0.439 e. The van der Waals surface area contributed by atoms with Crippen LogP contribution >= 0.6 is 0 Å². The number of rotatable bonds is 3. The van der Waals surface area contributed by atoms with Crippen molar-refractivity contribution in [2.75, 3.05) is 0 Å². The van der Waals surface area contributed by atoms with Gasteiger partial charge in [-0.25, -0.2) is 4.98 Å². The van der Waals surface area contributed by atoms with Crippen LogP contribution in [0.15, 0.2) is 36.5 Å². The lowest BCUT2D eigenvalue weighted by molar-refractivity contribution is -0.385. The van der Waals surface area contributed by atoms with Gasteiger partial charge >= 0.3 is 0 Å². The Morgan fingerprint density at radius 1 is 1.17 bits per heavy atom. The number of nitro groups is 1. The topological polar surface area (TPSA) is 82.3 Å². The van der Waals surface area contributed by atoms with E-state index in [0.717, 1.165) is 38.5 Å². The number of ether oxygens (including phenoxy) is 1. The molecular formula is C23H24N2O4. The molecule has 0 bridgehead atoms. The number of benzene rings is 1. The third-order valence-electron chi connectivity index (χ3n) is 7.56. The van der Waals surface area contributed by atoms with Crippen LogP contribution in [-0.2, 0) is 11.2 Å². The number of aryl methyl sites for hydroxylation is 1. The van der Waals surface area contributed by atoms with E-state index in [1.807, 2.05) is 6.07 Å². The van der Waals surface area contributed by atoms with Crippen LogP contribution in [0.3, 0.4) is 0 Å². The number of fused-ring (bicyclic) bond motifs is 5. The summed E-state index contributed by atoms with van der Waals surface area (Å²) in [5.74, 6) is 3.21. The molecule has 2 aromatic rings. The first-order chi connectivity index (χ1) is 14.0. The number of nitrogens with zero attached hydrogens (tertiary/aromatic N) is 2. The highest BCUT2D eigenvalue weighted by molar-refractivity contribution is 5.87. The molecule has 6 nitrogen and oxygen atoms in total. The van der Waals surface area contributed by atoms with Gasteiger partial charge in [-0.3, -0.25) is 14.9 Å². The predicted molar refractivity (Wildman–Crippen MR) is 107 cm³/mol. The zero-order valence-corrected chi connectivity index (χ0v) is 16.5. The first kappa shape index (κ1) is 18.3. The van der Waals surface area contributed by atoms with Gasteiger partial charge in [-0.05, 0) is 73.1 Å². The maximum Gasteiger partial charge on any atom is 0.287 e. The summed E-state index contributed by atoms with van der Waals surface area (Å²) in [5, 5.41) is 10.8. The molecule has 3 aliphatic carbocycles. The van der Waals surface area contributed by atoms with Gasteiger partial charge in [-0.15, -0.1) is 0 Å². The molecule has 29 heavy (non-hydrogen) atoms. The molecule has 0 saturated heterocycles. The van der Waals surface area contributed by atoms with Crippen LogP contribution in [0.25, 0.3) is 0 Å². The van der Waals surface area contributed by atoms with E-state index >= 15 is 0 Å². The highest BCUT2D eigenvalue weighted by atomic mass is 16.6. The smallest absolute Gasteiger partial charge is 0.287 e. The maximum atomic E-state index is 12.5. The lowest BCUT2D eigenvalue weighted by Gasteiger charge is -2.48. The summed E-state index contributed by atoms with van der Waals surface area (Å²) in [7, 11) is 0. The molecule has 1 aromatic carbocycles. The Balaban J connectivity index is 1.37. The number of pyridine rings is 1. The van der Waals surface area contributed by atoms with Gasteiger partial charge in [-0.2, -0.15) is 0 Å². The third kappa shape index (κ3) is 2.93. The van der Waals surface area contributed by atoms with Gasteiger partial charge in [-0.1, -0.05) is 13.0 Å². The van der Waals surface area contributed by atoms with E-state index in [4.69, 9.17) is 4.74 Å². The number of hydrogen-bond donors (Lipinski definition) is 0. The Morgan fingerprint density at radius 3 is 2.79 bits per heavy atom. The second kappa shape index (κ2) is 6.65. The molecule has 2 fully saturated rings. The maximum absolute atomic E-state index is 12.5. The molecule has 0 radical (unpaired) electrons. The van der Waals surface area contributed by atoms with Gasteiger partial charge in [0.15, 0.2) is 0 Å².